The molecule has 0 radical (unpaired) electrons. The van der Waals surface area contributed by atoms with Crippen molar-refractivity contribution in [2.45, 2.75) is 45.8 Å². The van der Waals surface area contributed by atoms with E-state index in [-0.39, 0.29) is 12.4 Å². The van der Waals surface area contributed by atoms with Crippen LogP contribution in [0.2, 0.25) is 0 Å². The van der Waals surface area contributed by atoms with Crippen molar-refractivity contribution in [2.75, 3.05) is 6.61 Å². The van der Waals surface area contributed by atoms with Gasteiger partial charge in [-0.05, 0) is 40.2 Å². The highest BCUT2D eigenvalue weighted by atomic mass is 16.5. The summed E-state index contributed by atoms with van der Waals surface area (Å²) in [5.74, 6) is -0.137. The molecule has 0 saturated carbocycles. The van der Waals surface area contributed by atoms with Crippen LogP contribution in [0, 0.1) is 0 Å². The Balaban J connectivity index is 4.35. The lowest BCUT2D eigenvalue weighted by Gasteiger charge is -2.28. The van der Waals surface area contributed by atoms with Gasteiger partial charge >= 0.3 is 0 Å². The van der Waals surface area contributed by atoms with Crippen molar-refractivity contribution in [1.82, 2.24) is 0 Å². The van der Waals surface area contributed by atoms with Crippen LogP contribution in [0.15, 0.2) is 12.2 Å². The van der Waals surface area contributed by atoms with Crippen molar-refractivity contribution in [2.24, 2.45) is 0 Å². The van der Waals surface area contributed by atoms with E-state index in [2.05, 4.69) is 6.58 Å². The predicted molar refractivity (Wildman–Crippen MR) is 56.1 cm³/mol. The van der Waals surface area contributed by atoms with E-state index in [1.807, 2.05) is 0 Å². The number of aliphatic hydroxyl groups is 1. The Labute approximate surface area is 85.8 Å². The minimum atomic E-state index is -0.924. The van der Waals surface area contributed by atoms with E-state index in [9.17, 15) is 9.90 Å². The molecule has 0 aromatic carbocycles. The molecule has 0 heterocycles. The predicted octanol–water partition coefficient (Wildman–Crippen LogP) is 1.70. The fourth-order valence-electron chi connectivity index (χ4n) is 0.936. The van der Waals surface area contributed by atoms with Crippen LogP contribution in [-0.4, -0.2) is 28.7 Å². The van der Waals surface area contributed by atoms with Crippen LogP contribution in [0.5, 0.6) is 0 Å². The molecule has 0 aromatic heterocycles. The first-order chi connectivity index (χ1) is 6.06. The largest absolute Gasteiger partial charge is 0.388 e. The zero-order valence-electron chi connectivity index (χ0n) is 9.68. The van der Waals surface area contributed by atoms with Gasteiger partial charge in [0.2, 0.25) is 0 Å². The molecule has 3 heteroatoms. The zero-order valence-corrected chi connectivity index (χ0v) is 9.68. The Bertz CT molecular complexity index is 233. The van der Waals surface area contributed by atoms with E-state index in [1.54, 1.807) is 34.6 Å². The van der Waals surface area contributed by atoms with E-state index in [1.165, 1.54) is 0 Å². The van der Waals surface area contributed by atoms with Gasteiger partial charge in [0.05, 0.1) is 12.2 Å². The molecule has 0 amide bonds. The minimum absolute atomic E-state index is 0.124. The van der Waals surface area contributed by atoms with Crippen molar-refractivity contribution >= 4 is 5.78 Å². The number of carbonyl (C=O) groups excluding carboxylic acids is 1. The first-order valence-electron chi connectivity index (χ1n) is 4.63. The Hall–Kier alpha value is -0.670. The lowest BCUT2D eigenvalue weighted by atomic mass is 9.98. The van der Waals surface area contributed by atoms with Gasteiger partial charge in [-0.2, -0.15) is 0 Å². The maximum atomic E-state index is 11.6. The molecule has 0 spiro atoms. The van der Waals surface area contributed by atoms with E-state index < -0.39 is 11.2 Å². The summed E-state index contributed by atoms with van der Waals surface area (Å²) in [4.78, 5) is 11.6. The Morgan fingerprint density at radius 3 is 2.07 bits per heavy atom. The summed E-state index contributed by atoms with van der Waals surface area (Å²) in [6.45, 7) is 12.0. The fraction of sp³-hybridized carbons (Fsp3) is 0.727. The quantitative estimate of drug-likeness (QED) is 0.687. The van der Waals surface area contributed by atoms with Gasteiger partial charge in [-0.1, -0.05) is 6.58 Å². The number of hydrogen-bond donors (Lipinski definition) is 1. The standard InChI is InChI=1S/C11H20O3/c1-8(2)9(12)11(5,6)14-7-10(3,4)13/h13H,1,7H2,2-6H3. The van der Waals surface area contributed by atoms with E-state index >= 15 is 0 Å². The lowest BCUT2D eigenvalue weighted by Crippen LogP contribution is -2.40. The van der Waals surface area contributed by atoms with Crippen LogP contribution < -0.4 is 0 Å². The number of ether oxygens (including phenoxy) is 1. The van der Waals surface area contributed by atoms with Gasteiger partial charge < -0.3 is 9.84 Å². The molecule has 0 rings (SSSR count). The SMILES string of the molecule is C=C(C)C(=O)C(C)(C)OCC(C)(C)O. The normalized spacial score (nSPS) is 12.7. The Morgan fingerprint density at radius 2 is 1.79 bits per heavy atom. The molecular weight excluding hydrogens is 180 g/mol. The molecule has 0 aliphatic carbocycles. The van der Waals surface area contributed by atoms with Crippen LogP contribution in [0.1, 0.15) is 34.6 Å². The van der Waals surface area contributed by atoms with Crippen LogP contribution >= 0.6 is 0 Å². The molecule has 14 heavy (non-hydrogen) atoms. The van der Waals surface area contributed by atoms with Crippen molar-refractivity contribution in [3.05, 3.63) is 12.2 Å². The van der Waals surface area contributed by atoms with Gasteiger partial charge in [-0.25, -0.2) is 0 Å². The highest BCUT2D eigenvalue weighted by Gasteiger charge is 2.30. The van der Waals surface area contributed by atoms with Gasteiger partial charge in [0.1, 0.15) is 5.60 Å². The molecule has 82 valence electrons. The lowest BCUT2D eigenvalue weighted by molar-refractivity contribution is -0.144. The summed E-state index contributed by atoms with van der Waals surface area (Å²) in [6.07, 6.45) is 0. The highest BCUT2D eigenvalue weighted by Crippen LogP contribution is 2.17. The van der Waals surface area contributed by atoms with Crippen LogP contribution in [0.25, 0.3) is 0 Å². The third-order valence-corrected chi connectivity index (χ3v) is 1.72. The Morgan fingerprint density at radius 1 is 1.36 bits per heavy atom. The zero-order chi connectivity index (χ0) is 11.6. The molecule has 0 aliphatic rings. The second-order valence-corrected chi connectivity index (χ2v) is 4.72. The summed E-state index contributed by atoms with van der Waals surface area (Å²) >= 11 is 0. The Kier molecular flexibility index (Phi) is 4.03. The maximum absolute atomic E-state index is 11.6. The van der Waals surface area contributed by atoms with Gasteiger partial charge in [0, 0.05) is 0 Å². The van der Waals surface area contributed by atoms with Crippen molar-refractivity contribution in [3.8, 4) is 0 Å². The van der Waals surface area contributed by atoms with Gasteiger partial charge in [0.25, 0.3) is 0 Å². The van der Waals surface area contributed by atoms with Crippen molar-refractivity contribution in [3.63, 3.8) is 0 Å². The average Bonchev–Trinajstić information content (AvgIpc) is 1.98. The summed E-state index contributed by atoms with van der Waals surface area (Å²) < 4.78 is 5.36. The highest BCUT2D eigenvalue weighted by molar-refractivity contribution is 6.00. The van der Waals surface area contributed by atoms with Crippen LogP contribution in [-0.2, 0) is 9.53 Å². The van der Waals surface area contributed by atoms with Crippen LogP contribution in [0.3, 0.4) is 0 Å². The molecule has 3 nitrogen and oxygen atoms in total. The van der Waals surface area contributed by atoms with Crippen LogP contribution in [0.4, 0.5) is 0 Å². The third-order valence-electron chi connectivity index (χ3n) is 1.72. The van der Waals surface area contributed by atoms with Gasteiger partial charge in [0.15, 0.2) is 5.78 Å². The number of ketones is 1. The first kappa shape index (κ1) is 13.3. The summed E-state index contributed by atoms with van der Waals surface area (Å²) in [5.41, 5.74) is -1.37. The molecule has 1 N–H and O–H groups in total. The van der Waals surface area contributed by atoms with E-state index in [0.717, 1.165) is 0 Å². The summed E-state index contributed by atoms with van der Waals surface area (Å²) in [7, 11) is 0. The molecule has 0 aliphatic heterocycles. The molecule has 0 bridgehead atoms. The van der Waals surface area contributed by atoms with Gasteiger partial charge in [-0.3, -0.25) is 4.79 Å². The molecule has 0 aromatic rings. The molecular formula is C11H20O3. The number of carbonyl (C=O) groups is 1. The van der Waals surface area contributed by atoms with Crippen molar-refractivity contribution < 1.29 is 14.6 Å². The van der Waals surface area contributed by atoms with E-state index in [0.29, 0.717) is 5.57 Å². The summed E-state index contributed by atoms with van der Waals surface area (Å²) in [5, 5.41) is 9.44. The summed E-state index contributed by atoms with van der Waals surface area (Å²) in [6, 6.07) is 0. The molecule has 0 atom stereocenters. The molecule has 0 saturated heterocycles. The maximum Gasteiger partial charge on any atom is 0.189 e. The minimum Gasteiger partial charge on any atom is -0.388 e. The number of rotatable bonds is 5. The van der Waals surface area contributed by atoms with Gasteiger partial charge in [-0.15, -0.1) is 0 Å². The first-order valence-corrected chi connectivity index (χ1v) is 4.63. The average molecular weight is 200 g/mol. The number of hydrogen-bond acceptors (Lipinski definition) is 3. The monoisotopic (exact) mass is 200 g/mol. The topological polar surface area (TPSA) is 46.5 Å². The fourth-order valence-corrected chi connectivity index (χ4v) is 0.936. The smallest absolute Gasteiger partial charge is 0.189 e. The second kappa shape index (κ2) is 4.24. The van der Waals surface area contributed by atoms with Crippen molar-refractivity contribution in [1.29, 1.82) is 0 Å². The number of Topliss-reactive ketones (excluding diaryl/α,β-unsaturated/α-hetero) is 1. The molecule has 0 unspecified atom stereocenters. The molecule has 0 fully saturated rings. The van der Waals surface area contributed by atoms with E-state index in [4.69, 9.17) is 4.74 Å². The third kappa shape index (κ3) is 4.53. The second-order valence-electron chi connectivity index (χ2n) is 4.72.